The molecule has 1 amide bonds. The Labute approximate surface area is 245 Å². The average molecular weight is 571 g/mol. The van der Waals surface area contributed by atoms with E-state index in [0.29, 0.717) is 58.1 Å². The first-order valence-corrected chi connectivity index (χ1v) is 14.4. The van der Waals surface area contributed by atoms with Crippen LogP contribution in [-0.4, -0.2) is 90.3 Å². The summed E-state index contributed by atoms with van der Waals surface area (Å²) in [5.74, 6) is 0.528. The first-order valence-electron chi connectivity index (χ1n) is 14.4. The van der Waals surface area contributed by atoms with E-state index >= 15 is 0 Å². The summed E-state index contributed by atoms with van der Waals surface area (Å²) >= 11 is 0. The highest BCUT2D eigenvalue weighted by molar-refractivity contribution is 5.87. The highest BCUT2D eigenvalue weighted by Crippen LogP contribution is 2.38. The van der Waals surface area contributed by atoms with Gasteiger partial charge in [-0.15, -0.1) is 0 Å². The summed E-state index contributed by atoms with van der Waals surface area (Å²) < 4.78 is 26.6. The van der Waals surface area contributed by atoms with Gasteiger partial charge in [0.25, 0.3) is 0 Å². The van der Waals surface area contributed by atoms with Crippen molar-refractivity contribution in [3.05, 3.63) is 83.4 Å². The van der Waals surface area contributed by atoms with Crippen LogP contribution < -0.4 is 9.64 Å². The topological polar surface area (TPSA) is 75.4 Å². The van der Waals surface area contributed by atoms with Crippen LogP contribution in [-0.2, 0) is 22.6 Å². The maximum atomic E-state index is 14.0. The van der Waals surface area contributed by atoms with Gasteiger partial charge in [0.1, 0.15) is 24.6 Å². The molecule has 4 heterocycles. The molecule has 0 aliphatic carbocycles. The summed E-state index contributed by atoms with van der Waals surface area (Å²) in [6.07, 6.45) is 1.21. The lowest BCUT2D eigenvalue weighted by atomic mass is 9.94. The lowest BCUT2D eigenvalue weighted by Gasteiger charge is -2.40. The Kier molecular flexibility index (Phi) is 8.05. The molecule has 3 aliphatic heterocycles. The molecular weight excluding hydrogens is 535 g/mol. The molecule has 0 radical (unpaired) electrons. The van der Waals surface area contributed by atoms with Gasteiger partial charge in [-0.1, -0.05) is 49.0 Å². The number of likely N-dealkylation sites (N-methyl/N-ethyl adjacent to an activating group) is 1. The second-order valence-electron chi connectivity index (χ2n) is 11.2. The fraction of sp³-hybridized carbons (Fsp3) is 0.438. The van der Waals surface area contributed by atoms with Gasteiger partial charge in [0.2, 0.25) is 12.5 Å². The van der Waals surface area contributed by atoms with E-state index in [9.17, 15) is 9.18 Å². The van der Waals surface area contributed by atoms with Crippen LogP contribution in [0.15, 0.2) is 55.1 Å². The molecule has 218 valence electrons. The van der Waals surface area contributed by atoms with E-state index in [2.05, 4.69) is 40.6 Å². The zero-order valence-corrected chi connectivity index (χ0v) is 23.8. The summed E-state index contributed by atoms with van der Waals surface area (Å²) in [5.41, 5.74) is 2.86. The molecule has 2 fully saturated rings. The highest BCUT2D eigenvalue weighted by Gasteiger charge is 2.36. The number of alkyl halides is 1. The third-order valence-corrected chi connectivity index (χ3v) is 8.61. The Morgan fingerprint density at radius 3 is 2.81 bits per heavy atom. The number of ether oxygens (including phenoxy) is 2. The van der Waals surface area contributed by atoms with E-state index in [1.807, 2.05) is 30.1 Å². The molecule has 42 heavy (non-hydrogen) atoms. The standard InChI is InChI=1S/C32H35FN6O3/c1-4-30(40)39-13-12-38(18-24(39)16-34-2)31-27-20-41-29(26-11-7-9-21-8-5-6-10-25(21)26)15-28(27)35-32(36-31)42-19-23-14-22(33)17-37(23)3/h4-11,22-24,29H,1,12-20H2,3H3/t22-,23+,24+,29?/m1/s1. The van der Waals surface area contributed by atoms with Gasteiger partial charge in [-0.25, -0.2) is 11.0 Å². The fourth-order valence-corrected chi connectivity index (χ4v) is 6.38. The molecule has 4 atom stereocenters. The number of nitrogens with zero attached hydrogens (tertiary/aromatic N) is 6. The average Bonchev–Trinajstić information content (AvgIpc) is 3.34. The van der Waals surface area contributed by atoms with Gasteiger partial charge in [-0.3, -0.25) is 9.69 Å². The maximum Gasteiger partial charge on any atom is 0.318 e. The summed E-state index contributed by atoms with van der Waals surface area (Å²) in [7, 11) is 1.90. The van der Waals surface area contributed by atoms with Crippen molar-refractivity contribution in [3.8, 4) is 6.01 Å². The summed E-state index contributed by atoms with van der Waals surface area (Å²) in [6.45, 7) is 13.7. The van der Waals surface area contributed by atoms with Gasteiger partial charge < -0.3 is 24.1 Å². The Balaban J connectivity index is 1.32. The maximum absolute atomic E-state index is 14.0. The number of benzene rings is 2. The van der Waals surface area contributed by atoms with Crippen LogP contribution in [0.25, 0.3) is 15.6 Å². The molecule has 0 N–H and O–H groups in total. The molecule has 3 aromatic rings. The molecular formula is C32H35FN6O3. The number of halogens is 1. The third kappa shape index (κ3) is 5.54. The normalized spacial score (nSPS) is 24.3. The second-order valence-corrected chi connectivity index (χ2v) is 11.2. The molecule has 0 spiro atoms. The predicted molar refractivity (Wildman–Crippen MR) is 158 cm³/mol. The van der Waals surface area contributed by atoms with Gasteiger partial charge >= 0.3 is 6.01 Å². The van der Waals surface area contributed by atoms with Gasteiger partial charge in [-0.05, 0) is 35.9 Å². The first-order chi connectivity index (χ1) is 20.4. The van der Waals surface area contributed by atoms with Crippen molar-refractivity contribution >= 4 is 22.5 Å². The largest absolute Gasteiger partial charge is 0.462 e. The van der Waals surface area contributed by atoms with Crippen LogP contribution in [0.3, 0.4) is 0 Å². The number of aromatic nitrogens is 2. The van der Waals surface area contributed by atoms with Gasteiger partial charge in [0, 0.05) is 44.2 Å². The number of amides is 1. The molecule has 2 aromatic carbocycles. The van der Waals surface area contributed by atoms with E-state index in [0.717, 1.165) is 27.6 Å². The number of fused-ring (bicyclic) bond motifs is 2. The molecule has 1 unspecified atom stereocenters. The smallest absolute Gasteiger partial charge is 0.318 e. The lowest BCUT2D eigenvalue weighted by Crippen LogP contribution is -2.56. The van der Waals surface area contributed by atoms with Crippen molar-refractivity contribution in [1.29, 1.82) is 0 Å². The molecule has 9 nitrogen and oxygen atoms in total. The monoisotopic (exact) mass is 570 g/mol. The minimum atomic E-state index is -0.865. The van der Waals surface area contributed by atoms with Crippen LogP contribution in [0.4, 0.5) is 10.2 Å². The number of piperazine rings is 1. The number of hydrogen-bond acceptors (Lipinski definition) is 7. The van der Waals surface area contributed by atoms with Crippen LogP contribution in [0.2, 0.25) is 0 Å². The number of carbonyl (C=O) groups is 1. The fourth-order valence-electron chi connectivity index (χ4n) is 6.38. The minimum absolute atomic E-state index is 0.0497. The van der Waals surface area contributed by atoms with Gasteiger partial charge in [-0.2, -0.15) is 9.97 Å². The predicted octanol–water partition coefficient (Wildman–Crippen LogP) is 3.99. The van der Waals surface area contributed by atoms with E-state index in [1.165, 1.54) is 6.08 Å². The Bertz CT molecular complexity index is 1520. The number of likely N-dealkylation sites (tertiary alicyclic amines) is 1. The van der Waals surface area contributed by atoms with E-state index in [4.69, 9.17) is 26.0 Å². The molecule has 0 saturated carbocycles. The number of anilines is 1. The summed E-state index contributed by atoms with van der Waals surface area (Å²) in [5, 5.41) is 2.30. The summed E-state index contributed by atoms with van der Waals surface area (Å²) in [6, 6.07) is 14.4. The van der Waals surface area contributed by atoms with Crippen molar-refractivity contribution in [2.45, 2.75) is 43.8 Å². The third-order valence-electron chi connectivity index (χ3n) is 8.61. The Hall–Kier alpha value is -4.07. The number of hydrogen-bond donors (Lipinski definition) is 0. The summed E-state index contributed by atoms with van der Waals surface area (Å²) in [4.78, 5) is 31.6. The molecule has 10 heteroatoms. The van der Waals surface area contributed by atoms with E-state index in [-0.39, 0.29) is 36.7 Å². The zero-order valence-electron chi connectivity index (χ0n) is 23.8. The Morgan fingerprint density at radius 1 is 1.19 bits per heavy atom. The van der Waals surface area contributed by atoms with Crippen LogP contribution in [0, 0.1) is 6.57 Å². The highest BCUT2D eigenvalue weighted by atomic mass is 19.1. The van der Waals surface area contributed by atoms with Crippen molar-refractivity contribution in [2.75, 3.05) is 51.3 Å². The molecule has 2 saturated heterocycles. The van der Waals surface area contributed by atoms with Gasteiger partial charge in [0.05, 0.1) is 18.4 Å². The van der Waals surface area contributed by atoms with Crippen molar-refractivity contribution < 1.29 is 18.7 Å². The van der Waals surface area contributed by atoms with Crippen molar-refractivity contribution in [1.82, 2.24) is 19.8 Å². The number of carbonyl (C=O) groups excluding carboxylic acids is 1. The molecule has 3 aliphatic rings. The SMILES string of the molecule is [C-]#[N+]C[C@H]1CN(c2nc(OC[C@@H]3C[C@@H](F)CN3C)nc3c2COC(c2cccc4ccccc24)C3)CCN1C(=O)C=C. The number of rotatable bonds is 7. The molecule has 6 rings (SSSR count). The Morgan fingerprint density at radius 2 is 2.02 bits per heavy atom. The van der Waals surface area contributed by atoms with Crippen LogP contribution >= 0.6 is 0 Å². The minimum Gasteiger partial charge on any atom is -0.462 e. The van der Waals surface area contributed by atoms with Gasteiger partial charge in [0.15, 0.2) is 0 Å². The van der Waals surface area contributed by atoms with Crippen molar-refractivity contribution in [2.24, 2.45) is 0 Å². The van der Waals surface area contributed by atoms with E-state index in [1.54, 1.807) is 4.90 Å². The van der Waals surface area contributed by atoms with Crippen molar-refractivity contribution in [3.63, 3.8) is 0 Å². The van der Waals surface area contributed by atoms with Crippen LogP contribution in [0.1, 0.15) is 29.3 Å². The first kappa shape index (κ1) is 28.1. The van der Waals surface area contributed by atoms with E-state index < -0.39 is 6.17 Å². The second kappa shape index (κ2) is 12.0. The molecule has 1 aromatic heterocycles. The molecule has 0 bridgehead atoms. The lowest BCUT2D eigenvalue weighted by molar-refractivity contribution is -0.128. The van der Waals surface area contributed by atoms with Crippen LogP contribution in [0.5, 0.6) is 6.01 Å². The quantitative estimate of drug-likeness (QED) is 0.314. The zero-order chi connectivity index (χ0) is 29.2.